The van der Waals surface area contributed by atoms with Gasteiger partial charge in [0.25, 0.3) is 0 Å². The highest BCUT2D eigenvalue weighted by atomic mass is 16.4. The van der Waals surface area contributed by atoms with Crippen LogP contribution in [0.5, 0.6) is 0 Å². The molecule has 3 heteroatoms. The van der Waals surface area contributed by atoms with E-state index in [0.29, 0.717) is 5.76 Å². The molecule has 0 aliphatic rings. The van der Waals surface area contributed by atoms with Crippen LogP contribution in [0.1, 0.15) is 18.2 Å². The number of carboxylic acid groups (broad SMARTS) is 1. The number of aryl methyl sites for hydroxylation is 1. The van der Waals surface area contributed by atoms with Crippen molar-refractivity contribution in [2.24, 2.45) is 0 Å². The van der Waals surface area contributed by atoms with Crippen LogP contribution in [-0.2, 0) is 4.79 Å². The smallest absolute Gasteiger partial charge is 0.331 e. The number of carbonyl (C=O) groups is 1. The number of hydrogen-bond donors (Lipinski definition) is 1. The van der Waals surface area contributed by atoms with Crippen LogP contribution in [-0.4, -0.2) is 11.1 Å². The molecular weight excluding hydrogens is 156 g/mol. The Bertz CT molecular complexity index is 320. The third-order valence-electron chi connectivity index (χ3n) is 1.59. The molecule has 0 fully saturated rings. The molecule has 0 aromatic carbocycles. The van der Waals surface area contributed by atoms with E-state index in [1.165, 1.54) is 19.3 Å². The maximum Gasteiger partial charge on any atom is 0.331 e. The van der Waals surface area contributed by atoms with E-state index in [2.05, 4.69) is 0 Å². The number of carboxylic acids is 1. The van der Waals surface area contributed by atoms with Crippen molar-refractivity contribution in [1.29, 1.82) is 0 Å². The van der Waals surface area contributed by atoms with E-state index >= 15 is 0 Å². The molecule has 0 unspecified atom stereocenters. The Balaban J connectivity index is 2.95. The summed E-state index contributed by atoms with van der Waals surface area (Å²) in [5, 5.41) is 8.56. The summed E-state index contributed by atoms with van der Waals surface area (Å²) in [6, 6.07) is 1.79. The highest BCUT2D eigenvalue weighted by Gasteiger charge is 2.03. The molecule has 0 aliphatic carbocycles. The van der Waals surface area contributed by atoms with E-state index in [4.69, 9.17) is 9.52 Å². The Kier molecular flexibility index (Phi) is 2.33. The lowest BCUT2D eigenvalue weighted by Crippen LogP contribution is -1.95. The third-order valence-corrected chi connectivity index (χ3v) is 1.59. The largest absolute Gasteiger partial charge is 0.478 e. The van der Waals surface area contributed by atoms with Crippen molar-refractivity contribution < 1.29 is 14.3 Å². The maximum absolute atomic E-state index is 10.4. The minimum Gasteiger partial charge on any atom is -0.478 e. The Morgan fingerprint density at radius 2 is 2.33 bits per heavy atom. The molecule has 3 nitrogen and oxygen atoms in total. The topological polar surface area (TPSA) is 50.4 Å². The lowest BCUT2D eigenvalue weighted by Gasteiger charge is -1.91. The number of furan rings is 1. The first-order valence-electron chi connectivity index (χ1n) is 3.57. The predicted molar refractivity (Wildman–Crippen MR) is 44.7 cm³/mol. The second kappa shape index (κ2) is 3.26. The lowest BCUT2D eigenvalue weighted by molar-refractivity contribution is -0.132. The van der Waals surface area contributed by atoms with Gasteiger partial charge in [-0.05, 0) is 31.6 Å². The van der Waals surface area contributed by atoms with Crippen LogP contribution in [0.25, 0.3) is 6.08 Å². The van der Waals surface area contributed by atoms with Crippen molar-refractivity contribution in [3.05, 3.63) is 29.2 Å². The summed E-state index contributed by atoms with van der Waals surface area (Å²) in [5.74, 6) is -0.319. The lowest BCUT2D eigenvalue weighted by atomic mass is 10.2. The molecule has 0 saturated heterocycles. The summed E-state index contributed by atoms with van der Waals surface area (Å²) < 4.78 is 5.05. The quantitative estimate of drug-likeness (QED) is 0.684. The van der Waals surface area contributed by atoms with Crippen LogP contribution in [0.15, 0.2) is 22.3 Å². The predicted octanol–water partition coefficient (Wildman–Crippen LogP) is 2.08. The molecule has 0 bridgehead atoms. The van der Waals surface area contributed by atoms with Gasteiger partial charge in [0.05, 0.1) is 6.26 Å². The molecule has 12 heavy (non-hydrogen) atoms. The maximum atomic E-state index is 10.4. The SMILES string of the molecule is C/C(=C/c1occc1C)C(=O)O. The summed E-state index contributed by atoms with van der Waals surface area (Å²) >= 11 is 0. The van der Waals surface area contributed by atoms with Crippen LogP contribution in [0.3, 0.4) is 0 Å². The van der Waals surface area contributed by atoms with E-state index in [0.717, 1.165) is 5.56 Å². The van der Waals surface area contributed by atoms with Gasteiger partial charge in [-0.3, -0.25) is 0 Å². The van der Waals surface area contributed by atoms with Crippen LogP contribution in [0.4, 0.5) is 0 Å². The molecule has 0 amide bonds. The van der Waals surface area contributed by atoms with E-state index in [9.17, 15) is 4.79 Å². The van der Waals surface area contributed by atoms with Gasteiger partial charge in [0.15, 0.2) is 0 Å². The molecule has 1 aromatic rings. The highest BCUT2D eigenvalue weighted by Crippen LogP contribution is 2.12. The monoisotopic (exact) mass is 166 g/mol. The van der Waals surface area contributed by atoms with Gasteiger partial charge in [0, 0.05) is 5.57 Å². The van der Waals surface area contributed by atoms with Crippen molar-refractivity contribution in [2.75, 3.05) is 0 Å². The van der Waals surface area contributed by atoms with Gasteiger partial charge >= 0.3 is 5.97 Å². The van der Waals surface area contributed by atoms with Crippen LogP contribution in [0, 0.1) is 6.92 Å². The van der Waals surface area contributed by atoms with Gasteiger partial charge < -0.3 is 9.52 Å². The van der Waals surface area contributed by atoms with Crippen LogP contribution < -0.4 is 0 Å². The summed E-state index contributed by atoms with van der Waals surface area (Å²) in [6.07, 6.45) is 3.05. The average Bonchev–Trinajstić information content (AvgIpc) is 2.36. The molecule has 0 radical (unpaired) electrons. The molecule has 0 atom stereocenters. The van der Waals surface area contributed by atoms with Gasteiger partial charge in [0.2, 0.25) is 0 Å². The molecule has 0 saturated carbocycles. The van der Waals surface area contributed by atoms with Gasteiger partial charge in [-0.15, -0.1) is 0 Å². The van der Waals surface area contributed by atoms with E-state index < -0.39 is 5.97 Å². The van der Waals surface area contributed by atoms with Crippen LogP contribution >= 0.6 is 0 Å². The van der Waals surface area contributed by atoms with Crippen molar-refractivity contribution in [3.63, 3.8) is 0 Å². The first-order chi connectivity index (χ1) is 5.61. The molecule has 1 aromatic heterocycles. The highest BCUT2D eigenvalue weighted by molar-refractivity contribution is 5.91. The molecule has 1 rings (SSSR count). The number of hydrogen-bond acceptors (Lipinski definition) is 2. The Hall–Kier alpha value is -1.51. The van der Waals surface area contributed by atoms with Gasteiger partial charge in [0.1, 0.15) is 5.76 Å². The van der Waals surface area contributed by atoms with E-state index in [1.807, 2.05) is 6.92 Å². The summed E-state index contributed by atoms with van der Waals surface area (Å²) in [7, 11) is 0. The summed E-state index contributed by atoms with van der Waals surface area (Å²) in [6.45, 7) is 3.40. The normalized spacial score (nSPS) is 11.7. The van der Waals surface area contributed by atoms with Gasteiger partial charge in [-0.2, -0.15) is 0 Å². The zero-order valence-corrected chi connectivity index (χ0v) is 7.00. The minimum atomic E-state index is -0.925. The zero-order valence-electron chi connectivity index (χ0n) is 7.00. The van der Waals surface area contributed by atoms with Crippen molar-refractivity contribution in [2.45, 2.75) is 13.8 Å². The third kappa shape index (κ3) is 1.75. The van der Waals surface area contributed by atoms with E-state index in [-0.39, 0.29) is 5.57 Å². The molecule has 64 valence electrons. The fourth-order valence-electron chi connectivity index (χ4n) is 0.791. The number of rotatable bonds is 2. The molecule has 1 heterocycles. The Labute approximate surface area is 70.3 Å². The van der Waals surface area contributed by atoms with Gasteiger partial charge in [-0.25, -0.2) is 4.79 Å². The van der Waals surface area contributed by atoms with Crippen LogP contribution in [0.2, 0.25) is 0 Å². The first-order valence-corrected chi connectivity index (χ1v) is 3.57. The minimum absolute atomic E-state index is 0.271. The number of aliphatic carboxylic acids is 1. The fraction of sp³-hybridized carbons (Fsp3) is 0.222. The molecule has 0 spiro atoms. The second-order valence-corrected chi connectivity index (χ2v) is 2.60. The summed E-state index contributed by atoms with van der Waals surface area (Å²) in [4.78, 5) is 10.4. The molecule has 1 N–H and O–H groups in total. The summed E-state index contributed by atoms with van der Waals surface area (Å²) in [5.41, 5.74) is 1.21. The fourth-order valence-corrected chi connectivity index (χ4v) is 0.791. The van der Waals surface area contributed by atoms with Crippen molar-refractivity contribution in [1.82, 2.24) is 0 Å². The molecular formula is C9H10O3. The Morgan fingerprint density at radius 3 is 2.75 bits per heavy atom. The zero-order chi connectivity index (χ0) is 9.14. The molecule has 0 aliphatic heterocycles. The average molecular weight is 166 g/mol. The van der Waals surface area contributed by atoms with Crippen molar-refractivity contribution in [3.8, 4) is 0 Å². The standard InChI is InChI=1S/C9H10O3/c1-6-3-4-12-8(6)5-7(2)9(10)11/h3-5H,1-2H3,(H,10,11)/b7-5-. The first kappa shape index (κ1) is 8.59. The van der Waals surface area contributed by atoms with Crippen molar-refractivity contribution >= 4 is 12.0 Å². The van der Waals surface area contributed by atoms with Gasteiger partial charge in [-0.1, -0.05) is 0 Å². The second-order valence-electron chi connectivity index (χ2n) is 2.60. The Morgan fingerprint density at radius 1 is 1.67 bits per heavy atom. The van der Waals surface area contributed by atoms with E-state index in [1.54, 1.807) is 6.07 Å².